The average molecular weight is 526 g/mol. The van der Waals surface area contributed by atoms with Crippen molar-refractivity contribution in [2.45, 2.75) is 57.8 Å². The first-order valence-corrected chi connectivity index (χ1v) is 10.3. The van der Waals surface area contributed by atoms with E-state index in [2.05, 4.69) is 20.9 Å². The van der Waals surface area contributed by atoms with Gasteiger partial charge in [0.25, 0.3) is 5.91 Å². The van der Waals surface area contributed by atoms with E-state index < -0.39 is 0 Å². The van der Waals surface area contributed by atoms with Crippen LogP contribution in [0.25, 0.3) is 0 Å². The van der Waals surface area contributed by atoms with E-state index in [1.807, 2.05) is 31.2 Å². The number of carbonyl (C=O) groups excluding carboxylic acids is 1. The monoisotopic (exact) mass is 526 g/mol. The lowest BCUT2D eigenvalue weighted by atomic mass is 9.93. The van der Waals surface area contributed by atoms with Gasteiger partial charge in [0.05, 0.1) is 25.5 Å². The highest BCUT2D eigenvalue weighted by Crippen LogP contribution is 2.18. The van der Waals surface area contributed by atoms with Gasteiger partial charge < -0.3 is 25.5 Å². The van der Waals surface area contributed by atoms with Gasteiger partial charge in [0.2, 0.25) is 0 Å². The van der Waals surface area contributed by atoms with Crippen molar-refractivity contribution in [1.82, 2.24) is 16.0 Å². The second-order valence-corrected chi connectivity index (χ2v) is 7.31. The summed E-state index contributed by atoms with van der Waals surface area (Å²) in [6, 6.07) is 11.4. The average Bonchev–Trinajstić information content (AvgIpc) is 3.26. The van der Waals surface area contributed by atoms with Gasteiger partial charge in [-0.3, -0.25) is 4.79 Å². The fraction of sp³-hybridized carbons (Fsp3) is 0.455. The molecule has 0 aliphatic heterocycles. The van der Waals surface area contributed by atoms with Gasteiger partial charge in [-0.2, -0.15) is 0 Å². The van der Waals surface area contributed by atoms with E-state index in [0.717, 1.165) is 49.5 Å². The number of nitrogens with one attached hydrogen (secondary N) is 3. The molecule has 0 radical (unpaired) electrons. The number of carbonyl (C=O) groups is 1. The number of aliphatic imine (C=N–C) groups is 1. The number of benzene rings is 1. The molecular weight excluding hydrogens is 495 g/mol. The van der Waals surface area contributed by atoms with Crippen molar-refractivity contribution in [2.24, 2.45) is 4.99 Å². The van der Waals surface area contributed by atoms with Gasteiger partial charge in [0, 0.05) is 18.2 Å². The topological polar surface area (TPSA) is 98.9 Å². The third kappa shape index (κ3) is 7.64. The molecule has 0 saturated heterocycles. The number of hydrogen-bond acceptors (Lipinski definition) is 4. The SMILES string of the molecule is CCNC(=NCc1cccc(C(=O)NCc2ccco2)c1)NC1CCC(O)CC1.I. The Bertz CT molecular complexity index is 802. The number of guanidine groups is 1. The van der Waals surface area contributed by atoms with Crippen LogP contribution in [0.3, 0.4) is 0 Å². The van der Waals surface area contributed by atoms with Crippen molar-refractivity contribution in [1.29, 1.82) is 0 Å². The Morgan fingerprint density at radius 3 is 2.67 bits per heavy atom. The third-order valence-corrected chi connectivity index (χ3v) is 4.99. The smallest absolute Gasteiger partial charge is 0.251 e. The maximum atomic E-state index is 12.4. The van der Waals surface area contributed by atoms with Crippen molar-refractivity contribution in [3.63, 3.8) is 0 Å². The molecule has 0 bridgehead atoms. The van der Waals surface area contributed by atoms with Crippen molar-refractivity contribution in [3.8, 4) is 0 Å². The molecule has 1 amide bonds. The summed E-state index contributed by atoms with van der Waals surface area (Å²) in [6.07, 6.45) is 4.95. The van der Waals surface area contributed by atoms with E-state index in [-0.39, 0.29) is 36.0 Å². The zero-order valence-corrected chi connectivity index (χ0v) is 19.6. The molecule has 7 nitrogen and oxygen atoms in total. The Labute approximate surface area is 194 Å². The number of hydrogen-bond donors (Lipinski definition) is 4. The Kier molecular flexibility index (Phi) is 10.2. The highest BCUT2D eigenvalue weighted by Gasteiger charge is 2.20. The standard InChI is InChI=1S/C22H30N4O3.HI/c1-2-23-22(26-18-8-10-19(27)11-9-18)25-14-16-5-3-6-17(13-16)21(28)24-15-20-7-4-12-29-20;/h3-7,12-13,18-19,27H,2,8-11,14-15H2,1H3,(H,24,28)(H2,23,25,26);1H. The maximum absolute atomic E-state index is 12.4. The van der Waals surface area contributed by atoms with Crippen LogP contribution in [0, 0.1) is 0 Å². The van der Waals surface area contributed by atoms with E-state index in [1.165, 1.54) is 0 Å². The number of aliphatic hydroxyl groups is 1. The number of nitrogens with zero attached hydrogens (tertiary/aromatic N) is 1. The number of aliphatic hydroxyl groups excluding tert-OH is 1. The maximum Gasteiger partial charge on any atom is 0.251 e. The first-order valence-electron chi connectivity index (χ1n) is 10.3. The normalized spacial score (nSPS) is 18.9. The molecule has 1 aliphatic carbocycles. The van der Waals surface area contributed by atoms with Crippen LogP contribution in [-0.4, -0.2) is 35.7 Å². The van der Waals surface area contributed by atoms with Crippen LogP contribution >= 0.6 is 24.0 Å². The molecule has 8 heteroatoms. The Hall–Kier alpha value is -2.07. The van der Waals surface area contributed by atoms with Crippen molar-refractivity contribution < 1.29 is 14.3 Å². The number of amides is 1. The summed E-state index contributed by atoms with van der Waals surface area (Å²) < 4.78 is 5.24. The van der Waals surface area contributed by atoms with Crippen molar-refractivity contribution >= 4 is 35.8 Å². The van der Waals surface area contributed by atoms with Crippen LogP contribution in [0.1, 0.15) is 54.3 Å². The minimum Gasteiger partial charge on any atom is -0.467 e. The number of halogens is 1. The fourth-order valence-electron chi connectivity index (χ4n) is 3.40. The van der Waals surface area contributed by atoms with Gasteiger partial charge in [0.15, 0.2) is 5.96 Å². The molecule has 164 valence electrons. The molecule has 1 aromatic heterocycles. The summed E-state index contributed by atoms with van der Waals surface area (Å²) in [6.45, 7) is 3.64. The first kappa shape index (κ1) is 24.2. The Balaban J connectivity index is 0.00000320. The van der Waals surface area contributed by atoms with Gasteiger partial charge in [-0.1, -0.05) is 12.1 Å². The quantitative estimate of drug-likeness (QED) is 0.253. The summed E-state index contributed by atoms with van der Waals surface area (Å²) in [4.78, 5) is 17.1. The molecule has 0 unspecified atom stereocenters. The zero-order valence-electron chi connectivity index (χ0n) is 17.3. The predicted molar refractivity (Wildman–Crippen MR) is 128 cm³/mol. The lowest BCUT2D eigenvalue weighted by molar-refractivity contribution is 0.0948. The first-order chi connectivity index (χ1) is 14.1. The number of furan rings is 1. The minimum atomic E-state index is -0.172. The molecule has 1 aliphatic rings. The Morgan fingerprint density at radius 2 is 1.97 bits per heavy atom. The van der Waals surface area contributed by atoms with Gasteiger partial charge in [-0.05, 0) is 62.4 Å². The van der Waals surface area contributed by atoms with Crippen molar-refractivity contribution in [2.75, 3.05) is 6.54 Å². The van der Waals surface area contributed by atoms with Gasteiger partial charge >= 0.3 is 0 Å². The summed E-state index contributed by atoms with van der Waals surface area (Å²) >= 11 is 0. The van der Waals surface area contributed by atoms with Gasteiger partial charge in [0.1, 0.15) is 5.76 Å². The van der Waals surface area contributed by atoms with Crippen LogP contribution in [0.5, 0.6) is 0 Å². The van der Waals surface area contributed by atoms with E-state index in [1.54, 1.807) is 18.4 Å². The van der Waals surface area contributed by atoms with Crippen LogP contribution in [-0.2, 0) is 13.1 Å². The molecule has 0 atom stereocenters. The van der Waals surface area contributed by atoms with E-state index >= 15 is 0 Å². The van der Waals surface area contributed by atoms with Crippen LogP contribution in [0.15, 0.2) is 52.1 Å². The molecular formula is C22H31IN4O3. The summed E-state index contributed by atoms with van der Waals surface area (Å²) in [5.74, 6) is 1.34. The highest BCUT2D eigenvalue weighted by molar-refractivity contribution is 14.0. The Morgan fingerprint density at radius 1 is 1.17 bits per heavy atom. The second-order valence-electron chi connectivity index (χ2n) is 7.31. The van der Waals surface area contributed by atoms with E-state index in [9.17, 15) is 9.90 Å². The predicted octanol–water partition coefficient (Wildman–Crippen LogP) is 3.19. The molecule has 4 N–H and O–H groups in total. The van der Waals surface area contributed by atoms with E-state index in [4.69, 9.17) is 4.42 Å². The summed E-state index contributed by atoms with van der Waals surface area (Å²) in [7, 11) is 0. The molecule has 3 rings (SSSR count). The minimum absolute atomic E-state index is 0. The third-order valence-electron chi connectivity index (χ3n) is 4.99. The molecule has 1 aromatic carbocycles. The molecule has 1 fully saturated rings. The fourth-order valence-corrected chi connectivity index (χ4v) is 3.40. The molecule has 2 aromatic rings. The van der Waals surface area contributed by atoms with Crippen LogP contribution < -0.4 is 16.0 Å². The lowest BCUT2D eigenvalue weighted by Crippen LogP contribution is -2.45. The lowest BCUT2D eigenvalue weighted by Gasteiger charge is -2.27. The second kappa shape index (κ2) is 12.6. The van der Waals surface area contributed by atoms with Crippen LogP contribution in [0.2, 0.25) is 0 Å². The zero-order chi connectivity index (χ0) is 20.5. The summed E-state index contributed by atoms with van der Waals surface area (Å²) in [5, 5.41) is 19.3. The van der Waals surface area contributed by atoms with Crippen LogP contribution in [0.4, 0.5) is 0 Å². The largest absolute Gasteiger partial charge is 0.467 e. The molecule has 30 heavy (non-hydrogen) atoms. The summed E-state index contributed by atoms with van der Waals surface area (Å²) in [5.41, 5.74) is 1.57. The molecule has 1 saturated carbocycles. The molecule has 0 spiro atoms. The van der Waals surface area contributed by atoms with E-state index in [0.29, 0.717) is 24.7 Å². The van der Waals surface area contributed by atoms with Gasteiger partial charge in [-0.15, -0.1) is 24.0 Å². The van der Waals surface area contributed by atoms with Crippen molar-refractivity contribution in [3.05, 3.63) is 59.5 Å². The molecule has 1 heterocycles. The van der Waals surface area contributed by atoms with Gasteiger partial charge in [-0.25, -0.2) is 4.99 Å². The highest BCUT2D eigenvalue weighted by atomic mass is 127. The number of rotatable bonds is 7.